The number of carbonyl (C=O) groups is 1. The molecule has 4 rings (SSSR count). The zero-order chi connectivity index (χ0) is 21.8. The summed E-state index contributed by atoms with van der Waals surface area (Å²) >= 11 is 0. The number of hydrogen-bond acceptors (Lipinski definition) is 6. The summed E-state index contributed by atoms with van der Waals surface area (Å²) in [6, 6.07) is 17.0. The number of carbonyl (C=O) groups excluding carboxylic acids is 1. The summed E-state index contributed by atoms with van der Waals surface area (Å²) in [6.07, 6.45) is 2.65. The van der Waals surface area contributed by atoms with Crippen LogP contribution in [0.4, 0.5) is 11.5 Å². The van der Waals surface area contributed by atoms with Crippen molar-refractivity contribution in [2.45, 2.75) is 13.0 Å². The van der Waals surface area contributed by atoms with E-state index in [1.807, 2.05) is 55.5 Å². The van der Waals surface area contributed by atoms with E-state index in [1.54, 1.807) is 6.07 Å². The van der Waals surface area contributed by atoms with Crippen LogP contribution in [0.5, 0.6) is 0 Å². The highest BCUT2D eigenvalue weighted by Crippen LogP contribution is 2.43. The number of aliphatic hydroxyl groups is 1. The van der Waals surface area contributed by atoms with E-state index in [2.05, 4.69) is 27.2 Å². The molecular formula is C24H22N4O3. The Kier molecular flexibility index (Phi) is 5.77. The van der Waals surface area contributed by atoms with Gasteiger partial charge in [0.15, 0.2) is 0 Å². The van der Waals surface area contributed by atoms with Gasteiger partial charge in [0.1, 0.15) is 17.9 Å². The molecule has 0 aliphatic carbocycles. The average Bonchev–Trinajstić information content (AvgIpc) is 3.20. The van der Waals surface area contributed by atoms with Gasteiger partial charge in [-0.25, -0.2) is 9.97 Å². The van der Waals surface area contributed by atoms with E-state index in [1.165, 1.54) is 12.4 Å². The van der Waals surface area contributed by atoms with E-state index in [0.29, 0.717) is 28.4 Å². The van der Waals surface area contributed by atoms with E-state index in [0.717, 1.165) is 16.7 Å². The van der Waals surface area contributed by atoms with Crippen LogP contribution in [0.3, 0.4) is 0 Å². The Morgan fingerprint density at radius 1 is 1.16 bits per heavy atom. The summed E-state index contributed by atoms with van der Waals surface area (Å²) in [5.74, 6) is 0.913. The molecule has 7 nitrogen and oxygen atoms in total. The first kappa shape index (κ1) is 20.3. The number of hydrogen-bond donors (Lipinski definition) is 3. The molecular weight excluding hydrogens is 392 g/mol. The van der Waals surface area contributed by atoms with E-state index < -0.39 is 0 Å². The third kappa shape index (κ3) is 4.17. The Morgan fingerprint density at radius 3 is 2.68 bits per heavy atom. The number of aromatic nitrogens is 2. The molecule has 0 saturated carbocycles. The molecule has 0 spiro atoms. The number of amides is 1. The van der Waals surface area contributed by atoms with Crippen molar-refractivity contribution in [1.29, 1.82) is 0 Å². The number of nitrogens with zero attached hydrogens (tertiary/aromatic N) is 2. The molecule has 3 N–H and O–H groups in total. The topological polar surface area (TPSA) is 100 Å². The minimum absolute atomic E-state index is 0.0483. The molecule has 0 saturated heterocycles. The third-order valence-electron chi connectivity index (χ3n) is 4.79. The second-order valence-electron chi connectivity index (χ2n) is 7.08. The summed E-state index contributed by atoms with van der Waals surface area (Å²) in [6.45, 7) is 5.31. The Morgan fingerprint density at radius 2 is 1.94 bits per heavy atom. The van der Waals surface area contributed by atoms with Crippen molar-refractivity contribution in [3.63, 3.8) is 0 Å². The van der Waals surface area contributed by atoms with Crippen LogP contribution in [-0.4, -0.2) is 33.6 Å². The van der Waals surface area contributed by atoms with Gasteiger partial charge in [0.2, 0.25) is 11.6 Å². The van der Waals surface area contributed by atoms with Gasteiger partial charge in [0.25, 0.3) is 0 Å². The summed E-state index contributed by atoms with van der Waals surface area (Å²) in [7, 11) is 0. The Balaban J connectivity index is 1.96. The molecule has 1 atom stereocenters. The van der Waals surface area contributed by atoms with Gasteiger partial charge in [-0.3, -0.25) is 4.79 Å². The standard InChI is InChI=1S/C24H22N4O3/c1-3-19(30)28-18-11-7-10-17(12-18)20-21-23(27-15(2)13-29)25-14-26-24(21)31-22(20)16-8-5-4-6-9-16/h3-12,14-15,29H,1,13H2,2H3,(H,28,30)(H,25,26,27)/t15-/m0/s1. The Hall–Kier alpha value is -3.97. The zero-order valence-corrected chi connectivity index (χ0v) is 17.0. The predicted octanol–water partition coefficient (Wildman–Crippen LogP) is 4.47. The molecule has 0 bridgehead atoms. The first-order chi connectivity index (χ1) is 15.1. The van der Waals surface area contributed by atoms with Crippen LogP contribution in [0.25, 0.3) is 33.6 Å². The average molecular weight is 414 g/mol. The Labute approximate surface area is 179 Å². The predicted molar refractivity (Wildman–Crippen MR) is 122 cm³/mol. The maximum Gasteiger partial charge on any atom is 0.247 e. The second-order valence-corrected chi connectivity index (χ2v) is 7.08. The fourth-order valence-electron chi connectivity index (χ4n) is 3.34. The van der Waals surface area contributed by atoms with E-state index in [4.69, 9.17) is 4.42 Å². The van der Waals surface area contributed by atoms with Crippen molar-refractivity contribution in [3.8, 4) is 22.5 Å². The third-order valence-corrected chi connectivity index (χ3v) is 4.79. The van der Waals surface area contributed by atoms with Crippen LogP contribution < -0.4 is 10.6 Å². The lowest BCUT2D eigenvalue weighted by atomic mass is 9.98. The number of nitrogens with one attached hydrogen (secondary N) is 2. The van der Waals surface area contributed by atoms with Gasteiger partial charge in [-0.2, -0.15) is 0 Å². The van der Waals surface area contributed by atoms with Gasteiger partial charge in [0.05, 0.1) is 12.0 Å². The molecule has 2 aromatic heterocycles. The highest BCUT2D eigenvalue weighted by molar-refractivity contribution is 6.06. The molecule has 2 aromatic carbocycles. The lowest BCUT2D eigenvalue weighted by molar-refractivity contribution is -0.111. The van der Waals surface area contributed by atoms with Gasteiger partial charge >= 0.3 is 0 Å². The summed E-state index contributed by atoms with van der Waals surface area (Å²) in [5.41, 5.74) is 3.57. The number of fused-ring (bicyclic) bond motifs is 1. The van der Waals surface area contributed by atoms with Crippen molar-refractivity contribution in [1.82, 2.24) is 9.97 Å². The Bertz CT molecular complexity index is 1230. The van der Waals surface area contributed by atoms with Gasteiger partial charge in [0, 0.05) is 22.9 Å². The lowest BCUT2D eigenvalue weighted by Crippen LogP contribution is -2.20. The van der Waals surface area contributed by atoms with Gasteiger partial charge in [-0.1, -0.05) is 49.0 Å². The monoisotopic (exact) mass is 414 g/mol. The molecule has 4 aromatic rings. The quantitative estimate of drug-likeness (QED) is 0.386. The maximum absolute atomic E-state index is 11.8. The SMILES string of the molecule is C=CC(=O)Nc1cccc(-c2c(-c3ccccc3)oc3ncnc(N[C@@H](C)CO)c23)c1. The molecule has 2 heterocycles. The largest absolute Gasteiger partial charge is 0.437 e. The molecule has 156 valence electrons. The van der Waals surface area contributed by atoms with Crippen LogP contribution in [0, 0.1) is 0 Å². The molecule has 7 heteroatoms. The lowest BCUT2D eigenvalue weighted by Gasteiger charge is -2.13. The molecule has 0 fully saturated rings. The smallest absolute Gasteiger partial charge is 0.247 e. The number of benzene rings is 2. The maximum atomic E-state index is 11.8. The molecule has 0 aliphatic rings. The van der Waals surface area contributed by atoms with Crippen LogP contribution in [0.15, 0.2) is 78.0 Å². The van der Waals surface area contributed by atoms with E-state index in [-0.39, 0.29) is 18.6 Å². The van der Waals surface area contributed by atoms with Crippen LogP contribution in [0.1, 0.15) is 6.92 Å². The fourth-order valence-corrected chi connectivity index (χ4v) is 3.34. The van der Waals surface area contributed by atoms with Gasteiger partial charge in [-0.05, 0) is 30.7 Å². The van der Waals surface area contributed by atoms with Crippen LogP contribution >= 0.6 is 0 Å². The zero-order valence-electron chi connectivity index (χ0n) is 17.0. The molecule has 1 amide bonds. The molecule has 0 unspecified atom stereocenters. The van der Waals surface area contributed by atoms with Crippen molar-refractivity contribution in [2.75, 3.05) is 17.2 Å². The molecule has 0 radical (unpaired) electrons. The van der Waals surface area contributed by atoms with Crippen LogP contribution in [0.2, 0.25) is 0 Å². The summed E-state index contributed by atoms with van der Waals surface area (Å²) in [5, 5.41) is 16.2. The van der Waals surface area contributed by atoms with Crippen molar-refractivity contribution in [3.05, 3.63) is 73.6 Å². The van der Waals surface area contributed by atoms with Gasteiger partial charge in [-0.15, -0.1) is 0 Å². The van der Waals surface area contributed by atoms with Crippen molar-refractivity contribution in [2.24, 2.45) is 0 Å². The first-order valence-electron chi connectivity index (χ1n) is 9.85. The minimum Gasteiger partial charge on any atom is -0.437 e. The van der Waals surface area contributed by atoms with E-state index in [9.17, 15) is 9.90 Å². The van der Waals surface area contributed by atoms with Crippen molar-refractivity contribution >= 4 is 28.5 Å². The minimum atomic E-state index is -0.292. The first-order valence-corrected chi connectivity index (χ1v) is 9.85. The van der Waals surface area contributed by atoms with Crippen LogP contribution in [-0.2, 0) is 4.79 Å². The van der Waals surface area contributed by atoms with E-state index >= 15 is 0 Å². The number of aliphatic hydroxyl groups excluding tert-OH is 1. The second kappa shape index (κ2) is 8.81. The number of rotatable bonds is 7. The molecule has 31 heavy (non-hydrogen) atoms. The summed E-state index contributed by atoms with van der Waals surface area (Å²) < 4.78 is 6.18. The normalized spacial score (nSPS) is 11.8. The highest BCUT2D eigenvalue weighted by Gasteiger charge is 2.23. The highest BCUT2D eigenvalue weighted by atomic mass is 16.3. The summed E-state index contributed by atoms with van der Waals surface area (Å²) in [4.78, 5) is 20.5. The number of furan rings is 1. The number of anilines is 2. The van der Waals surface area contributed by atoms with Crippen molar-refractivity contribution < 1.29 is 14.3 Å². The molecule has 0 aliphatic heterocycles. The van der Waals surface area contributed by atoms with Gasteiger partial charge < -0.3 is 20.2 Å². The fraction of sp³-hybridized carbons (Fsp3) is 0.125.